The van der Waals surface area contributed by atoms with Crippen molar-refractivity contribution in [3.8, 4) is 0 Å². The fourth-order valence-corrected chi connectivity index (χ4v) is 5.15. The van der Waals surface area contributed by atoms with Crippen LogP contribution in [0.15, 0.2) is 4.99 Å². The maximum atomic E-state index is 4.64. The summed E-state index contributed by atoms with van der Waals surface area (Å²) in [6.45, 7) is 3.22. The molecule has 1 N–H and O–H groups in total. The summed E-state index contributed by atoms with van der Waals surface area (Å²) >= 11 is 0. The molecule has 4 saturated carbocycles. The van der Waals surface area contributed by atoms with E-state index in [9.17, 15) is 0 Å². The number of rotatable bonds is 0. The third-order valence-electron chi connectivity index (χ3n) is 5.59. The molecule has 5 rings (SSSR count). The van der Waals surface area contributed by atoms with Crippen molar-refractivity contribution >= 4 is 5.84 Å². The molecular formula is C13H20N2. The molecule has 15 heavy (non-hydrogen) atoms. The summed E-state index contributed by atoms with van der Waals surface area (Å²) in [5.74, 6) is 5.22. The summed E-state index contributed by atoms with van der Waals surface area (Å²) in [6, 6.07) is 0. The van der Waals surface area contributed by atoms with Crippen LogP contribution in [-0.2, 0) is 0 Å². The van der Waals surface area contributed by atoms with E-state index < -0.39 is 0 Å². The normalized spacial score (nSPS) is 55.9. The summed E-state index contributed by atoms with van der Waals surface area (Å²) < 4.78 is 0. The Morgan fingerprint density at radius 2 is 1.67 bits per heavy atom. The second kappa shape index (κ2) is 2.58. The van der Waals surface area contributed by atoms with Gasteiger partial charge in [0, 0.05) is 0 Å². The van der Waals surface area contributed by atoms with Gasteiger partial charge in [0.1, 0.15) is 0 Å². The van der Waals surface area contributed by atoms with Gasteiger partial charge in [0.25, 0.3) is 0 Å². The average Bonchev–Trinajstić information content (AvgIpc) is 2.57. The highest BCUT2D eigenvalue weighted by Crippen LogP contribution is 2.58. The molecule has 5 aliphatic rings. The molecule has 0 radical (unpaired) electrons. The van der Waals surface area contributed by atoms with Gasteiger partial charge < -0.3 is 5.32 Å². The number of nitrogens with zero attached hydrogens (tertiary/aromatic N) is 1. The molecule has 0 saturated heterocycles. The van der Waals surface area contributed by atoms with Crippen LogP contribution in [0.4, 0.5) is 0 Å². The highest BCUT2D eigenvalue weighted by molar-refractivity contribution is 5.82. The van der Waals surface area contributed by atoms with Crippen molar-refractivity contribution in [1.29, 1.82) is 0 Å². The van der Waals surface area contributed by atoms with Crippen molar-refractivity contribution in [3.63, 3.8) is 0 Å². The molecule has 0 aromatic rings. The number of amidine groups is 1. The van der Waals surface area contributed by atoms with Crippen molar-refractivity contribution in [3.05, 3.63) is 0 Å². The fourth-order valence-electron chi connectivity index (χ4n) is 5.15. The maximum absolute atomic E-state index is 4.64. The Hall–Kier alpha value is -0.530. The zero-order valence-electron chi connectivity index (χ0n) is 9.50. The smallest absolute Gasteiger partial charge is 0.0937 e. The molecule has 82 valence electrons. The van der Waals surface area contributed by atoms with Crippen molar-refractivity contribution in [2.75, 3.05) is 6.54 Å². The minimum atomic E-state index is 0.414. The molecule has 0 amide bonds. The first-order valence-corrected chi connectivity index (χ1v) is 6.55. The van der Waals surface area contributed by atoms with Crippen LogP contribution in [0.2, 0.25) is 0 Å². The highest BCUT2D eigenvalue weighted by atomic mass is 15.2. The Balaban J connectivity index is 1.71. The number of hydrogen-bond acceptors (Lipinski definition) is 2. The van der Waals surface area contributed by atoms with Crippen molar-refractivity contribution in [2.45, 2.75) is 44.6 Å². The van der Waals surface area contributed by atoms with Gasteiger partial charge >= 0.3 is 0 Å². The van der Waals surface area contributed by atoms with Crippen LogP contribution >= 0.6 is 0 Å². The van der Waals surface area contributed by atoms with Crippen LogP contribution < -0.4 is 5.32 Å². The molecule has 0 unspecified atom stereocenters. The Morgan fingerprint density at radius 3 is 2.13 bits per heavy atom. The molecule has 0 aromatic heterocycles. The molecule has 2 heteroatoms. The van der Waals surface area contributed by atoms with Crippen molar-refractivity contribution in [2.24, 2.45) is 28.7 Å². The zero-order valence-corrected chi connectivity index (χ0v) is 9.50. The summed E-state index contributed by atoms with van der Waals surface area (Å²) in [5, 5.41) is 3.76. The first-order chi connectivity index (χ1) is 7.26. The van der Waals surface area contributed by atoms with E-state index in [0.717, 1.165) is 30.2 Å². The Labute approximate surface area is 91.5 Å². The maximum Gasteiger partial charge on any atom is 0.0937 e. The molecule has 1 heterocycles. The average molecular weight is 204 g/mol. The fraction of sp³-hybridized carbons (Fsp3) is 0.923. The second-order valence-electron chi connectivity index (χ2n) is 6.37. The molecule has 2 nitrogen and oxygen atoms in total. The van der Waals surface area contributed by atoms with E-state index in [-0.39, 0.29) is 0 Å². The van der Waals surface area contributed by atoms with Crippen LogP contribution in [0.1, 0.15) is 39.0 Å². The second-order valence-corrected chi connectivity index (χ2v) is 6.37. The lowest BCUT2D eigenvalue weighted by Gasteiger charge is -2.59. The minimum absolute atomic E-state index is 0.414. The van der Waals surface area contributed by atoms with E-state index >= 15 is 0 Å². The van der Waals surface area contributed by atoms with Crippen LogP contribution in [0.25, 0.3) is 0 Å². The van der Waals surface area contributed by atoms with E-state index in [4.69, 9.17) is 0 Å². The van der Waals surface area contributed by atoms with Gasteiger partial charge in [0.2, 0.25) is 0 Å². The molecule has 4 fully saturated rings. The minimum Gasteiger partial charge on any atom is -0.366 e. The molecule has 0 aromatic carbocycles. The Morgan fingerprint density at radius 1 is 1.07 bits per heavy atom. The van der Waals surface area contributed by atoms with Crippen LogP contribution in [-0.4, -0.2) is 17.9 Å². The predicted octanol–water partition coefficient (Wildman–Crippen LogP) is 2.20. The van der Waals surface area contributed by atoms with E-state index in [2.05, 4.69) is 17.2 Å². The van der Waals surface area contributed by atoms with Crippen LogP contribution in [0, 0.1) is 23.7 Å². The van der Waals surface area contributed by atoms with Gasteiger partial charge in [-0.2, -0.15) is 0 Å². The zero-order chi connectivity index (χ0) is 10.0. The van der Waals surface area contributed by atoms with Crippen molar-refractivity contribution in [1.82, 2.24) is 5.32 Å². The van der Waals surface area contributed by atoms with Gasteiger partial charge in [0.05, 0.1) is 17.9 Å². The molecule has 1 spiro atoms. The lowest BCUT2D eigenvalue weighted by molar-refractivity contribution is -0.0564. The number of hydrogen-bond donors (Lipinski definition) is 1. The monoisotopic (exact) mass is 204 g/mol. The highest BCUT2D eigenvalue weighted by Gasteiger charge is 2.58. The SMILES string of the molecule is CC1=NCC2(N1)C1CC3CC(C1)CC2C3. The number of nitrogens with one attached hydrogen (secondary N) is 1. The molecular weight excluding hydrogens is 184 g/mol. The molecule has 4 bridgehead atoms. The molecule has 0 atom stereocenters. The van der Waals surface area contributed by atoms with Gasteiger partial charge in [-0.15, -0.1) is 0 Å². The first kappa shape index (κ1) is 8.60. The molecule has 1 aliphatic heterocycles. The quantitative estimate of drug-likeness (QED) is 0.642. The van der Waals surface area contributed by atoms with E-state index in [0.29, 0.717) is 5.54 Å². The third-order valence-corrected chi connectivity index (χ3v) is 5.59. The van der Waals surface area contributed by atoms with E-state index in [1.165, 1.54) is 31.5 Å². The summed E-state index contributed by atoms with van der Waals surface area (Å²) in [6.07, 6.45) is 7.50. The lowest BCUT2D eigenvalue weighted by atomic mass is 9.48. The van der Waals surface area contributed by atoms with Gasteiger partial charge in [-0.25, -0.2) is 0 Å². The van der Waals surface area contributed by atoms with Crippen LogP contribution in [0.5, 0.6) is 0 Å². The number of aliphatic imine (C=N–C) groups is 1. The van der Waals surface area contributed by atoms with Gasteiger partial charge in [-0.1, -0.05) is 0 Å². The van der Waals surface area contributed by atoms with Crippen molar-refractivity contribution < 1.29 is 0 Å². The van der Waals surface area contributed by atoms with Gasteiger partial charge in [0.15, 0.2) is 0 Å². The van der Waals surface area contributed by atoms with Gasteiger partial charge in [-0.05, 0) is 62.7 Å². The molecule has 4 aliphatic carbocycles. The Bertz CT molecular complexity index is 303. The first-order valence-electron chi connectivity index (χ1n) is 6.55. The Kier molecular flexibility index (Phi) is 1.48. The summed E-state index contributed by atoms with van der Waals surface area (Å²) in [7, 11) is 0. The topological polar surface area (TPSA) is 24.4 Å². The van der Waals surface area contributed by atoms with Gasteiger partial charge in [-0.3, -0.25) is 4.99 Å². The standard InChI is InChI=1S/C13H20N2/c1-8-14-7-13(15-8)11-3-9-2-10(5-11)6-12(13)4-9/h9-12H,2-7H2,1H3,(H,14,15). The summed E-state index contributed by atoms with van der Waals surface area (Å²) in [5.41, 5.74) is 0.414. The third kappa shape index (κ3) is 0.982. The predicted molar refractivity (Wildman–Crippen MR) is 60.9 cm³/mol. The van der Waals surface area contributed by atoms with E-state index in [1.807, 2.05) is 0 Å². The van der Waals surface area contributed by atoms with E-state index in [1.54, 1.807) is 6.42 Å². The lowest BCUT2D eigenvalue weighted by Crippen LogP contribution is -2.65. The largest absolute Gasteiger partial charge is 0.366 e. The summed E-state index contributed by atoms with van der Waals surface area (Å²) in [4.78, 5) is 4.64. The van der Waals surface area contributed by atoms with Crippen LogP contribution in [0.3, 0.4) is 0 Å².